The van der Waals surface area contributed by atoms with Gasteiger partial charge in [0.25, 0.3) is 0 Å². The molecule has 2 aromatic carbocycles. The Labute approximate surface area is 144 Å². The van der Waals surface area contributed by atoms with Crippen LogP contribution in [0.15, 0.2) is 42.5 Å². The van der Waals surface area contributed by atoms with E-state index in [2.05, 4.69) is 70.7 Å². The van der Waals surface area contributed by atoms with Crippen molar-refractivity contribution in [3.05, 3.63) is 52.9 Å². The predicted molar refractivity (Wildman–Crippen MR) is 104 cm³/mol. The fourth-order valence-corrected chi connectivity index (χ4v) is 2.92. The van der Waals surface area contributed by atoms with Crippen LogP contribution < -0.4 is 15.9 Å². The Morgan fingerprint density at radius 3 is 2.25 bits per heavy atom. The van der Waals surface area contributed by atoms with Crippen molar-refractivity contribution >= 4 is 36.0 Å². The SMILES string of the molecule is C=c1ccc2ccc(B3OC(C)(C)C(C)(C)O3)cc2/c1=C/C=C\C. The minimum Gasteiger partial charge on any atom is -0.399 e. The standard InChI is InChI=1S/C21H25BO2/c1-7-8-9-18-15(2)10-11-16-12-13-17(14-19(16)18)22-23-20(3,4)21(5,6)24-22/h7-14H,2H2,1,3-6H3/b8-7-,18-9+. The summed E-state index contributed by atoms with van der Waals surface area (Å²) in [6.45, 7) is 14.5. The number of allylic oxidation sites excluding steroid dienone is 2. The Morgan fingerprint density at radius 1 is 1.00 bits per heavy atom. The second-order valence-electron chi connectivity index (χ2n) is 7.40. The molecule has 1 aliphatic heterocycles. The van der Waals surface area contributed by atoms with Gasteiger partial charge in [0.15, 0.2) is 0 Å². The van der Waals surface area contributed by atoms with Crippen LogP contribution in [0.5, 0.6) is 0 Å². The van der Waals surface area contributed by atoms with Gasteiger partial charge in [-0.05, 0) is 61.3 Å². The van der Waals surface area contributed by atoms with E-state index in [1.165, 1.54) is 10.8 Å². The van der Waals surface area contributed by atoms with E-state index in [9.17, 15) is 0 Å². The van der Waals surface area contributed by atoms with E-state index in [0.717, 1.165) is 15.9 Å². The Morgan fingerprint density at radius 2 is 1.62 bits per heavy atom. The highest BCUT2D eigenvalue weighted by atomic mass is 16.7. The van der Waals surface area contributed by atoms with Crippen molar-refractivity contribution in [2.45, 2.75) is 45.8 Å². The van der Waals surface area contributed by atoms with Crippen LogP contribution in [0.1, 0.15) is 34.6 Å². The maximum Gasteiger partial charge on any atom is 0.494 e. The molecule has 0 spiro atoms. The summed E-state index contributed by atoms with van der Waals surface area (Å²) in [5.74, 6) is 0. The van der Waals surface area contributed by atoms with Gasteiger partial charge in [0.05, 0.1) is 11.2 Å². The zero-order valence-corrected chi connectivity index (χ0v) is 15.2. The highest BCUT2D eigenvalue weighted by molar-refractivity contribution is 6.62. The number of benzene rings is 2. The molecule has 0 aliphatic carbocycles. The van der Waals surface area contributed by atoms with Crippen molar-refractivity contribution in [2.75, 3.05) is 0 Å². The van der Waals surface area contributed by atoms with Gasteiger partial charge in [0.1, 0.15) is 0 Å². The van der Waals surface area contributed by atoms with Crippen molar-refractivity contribution in [3.8, 4) is 0 Å². The lowest BCUT2D eigenvalue weighted by Gasteiger charge is -2.32. The summed E-state index contributed by atoms with van der Waals surface area (Å²) in [6, 6.07) is 10.6. The summed E-state index contributed by atoms with van der Waals surface area (Å²) in [4.78, 5) is 0. The first kappa shape index (κ1) is 17.0. The van der Waals surface area contributed by atoms with Crippen molar-refractivity contribution in [3.63, 3.8) is 0 Å². The molecule has 124 valence electrons. The van der Waals surface area contributed by atoms with E-state index < -0.39 is 0 Å². The first-order valence-corrected chi connectivity index (χ1v) is 8.45. The lowest BCUT2D eigenvalue weighted by atomic mass is 9.78. The average molecular weight is 320 g/mol. The van der Waals surface area contributed by atoms with Gasteiger partial charge in [-0.15, -0.1) is 0 Å². The first-order valence-electron chi connectivity index (χ1n) is 8.45. The molecule has 1 heterocycles. The molecule has 0 N–H and O–H groups in total. The van der Waals surface area contributed by atoms with E-state index in [1.54, 1.807) is 0 Å². The lowest BCUT2D eigenvalue weighted by Crippen LogP contribution is -2.41. The normalized spacial score (nSPS) is 20.4. The van der Waals surface area contributed by atoms with Crippen LogP contribution in [0.4, 0.5) is 0 Å². The van der Waals surface area contributed by atoms with Gasteiger partial charge in [-0.25, -0.2) is 0 Å². The highest BCUT2D eigenvalue weighted by Gasteiger charge is 2.51. The van der Waals surface area contributed by atoms with Gasteiger partial charge < -0.3 is 9.31 Å². The van der Waals surface area contributed by atoms with Crippen LogP contribution in [-0.4, -0.2) is 18.3 Å². The molecule has 1 fully saturated rings. The largest absolute Gasteiger partial charge is 0.494 e. The summed E-state index contributed by atoms with van der Waals surface area (Å²) in [7, 11) is -0.345. The topological polar surface area (TPSA) is 18.5 Å². The number of rotatable bonds is 2. The summed E-state index contributed by atoms with van der Waals surface area (Å²) >= 11 is 0. The zero-order chi connectivity index (χ0) is 17.5. The molecule has 2 aromatic rings. The van der Waals surface area contributed by atoms with Crippen LogP contribution in [-0.2, 0) is 9.31 Å². The van der Waals surface area contributed by atoms with Gasteiger partial charge in [-0.1, -0.05) is 55.1 Å². The summed E-state index contributed by atoms with van der Waals surface area (Å²) in [5, 5.41) is 4.53. The number of hydrogen-bond acceptors (Lipinski definition) is 2. The van der Waals surface area contributed by atoms with Gasteiger partial charge >= 0.3 is 7.12 Å². The van der Waals surface area contributed by atoms with E-state index in [1.807, 2.05) is 19.1 Å². The van der Waals surface area contributed by atoms with Crippen LogP contribution in [0.2, 0.25) is 0 Å². The Hall–Kier alpha value is -1.84. The van der Waals surface area contributed by atoms with Gasteiger partial charge in [0.2, 0.25) is 0 Å². The molecular formula is C21H25BO2. The van der Waals surface area contributed by atoms with Crippen LogP contribution >= 0.6 is 0 Å². The number of hydrogen-bond donors (Lipinski definition) is 0. The third-order valence-electron chi connectivity index (χ3n) is 5.16. The van der Waals surface area contributed by atoms with Gasteiger partial charge in [-0.2, -0.15) is 0 Å². The Balaban J connectivity index is 2.14. The van der Waals surface area contributed by atoms with Crippen molar-refractivity contribution in [1.29, 1.82) is 0 Å². The van der Waals surface area contributed by atoms with Crippen molar-refractivity contribution in [1.82, 2.24) is 0 Å². The molecule has 0 amide bonds. The van der Waals surface area contributed by atoms with Crippen molar-refractivity contribution in [2.24, 2.45) is 0 Å². The minimum absolute atomic E-state index is 0.333. The molecule has 0 saturated carbocycles. The molecular weight excluding hydrogens is 295 g/mol. The van der Waals surface area contributed by atoms with Gasteiger partial charge in [-0.3, -0.25) is 0 Å². The monoisotopic (exact) mass is 320 g/mol. The maximum atomic E-state index is 6.19. The van der Waals surface area contributed by atoms with Crippen LogP contribution in [0.3, 0.4) is 0 Å². The van der Waals surface area contributed by atoms with Crippen LogP contribution in [0.25, 0.3) is 23.4 Å². The Bertz CT molecular complexity index is 893. The summed E-state index contributed by atoms with van der Waals surface area (Å²) in [6.07, 6.45) is 6.18. The van der Waals surface area contributed by atoms with Gasteiger partial charge in [0, 0.05) is 0 Å². The quantitative estimate of drug-likeness (QED) is 0.792. The molecule has 1 saturated heterocycles. The van der Waals surface area contributed by atoms with E-state index in [0.29, 0.717) is 0 Å². The Kier molecular flexibility index (Phi) is 4.19. The third kappa shape index (κ3) is 2.83. The molecule has 3 heteroatoms. The third-order valence-corrected chi connectivity index (χ3v) is 5.16. The van der Waals surface area contributed by atoms with E-state index in [-0.39, 0.29) is 18.3 Å². The predicted octanol–water partition coefficient (Wildman–Crippen LogP) is 2.91. The zero-order valence-electron chi connectivity index (χ0n) is 15.2. The summed E-state index contributed by atoms with van der Waals surface area (Å²) in [5.41, 5.74) is 0.378. The van der Waals surface area contributed by atoms with Crippen molar-refractivity contribution < 1.29 is 9.31 Å². The summed E-state index contributed by atoms with van der Waals surface area (Å²) < 4.78 is 12.4. The first-order chi connectivity index (χ1) is 11.2. The molecule has 0 radical (unpaired) electrons. The molecule has 2 nitrogen and oxygen atoms in total. The lowest BCUT2D eigenvalue weighted by molar-refractivity contribution is 0.00578. The maximum absolute atomic E-state index is 6.19. The number of fused-ring (bicyclic) bond motifs is 1. The molecule has 0 bridgehead atoms. The fraction of sp³-hybridized carbons (Fsp3) is 0.333. The second kappa shape index (κ2) is 5.91. The van der Waals surface area contributed by atoms with E-state index >= 15 is 0 Å². The average Bonchev–Trinajstić information content (AvgIpc) is 2.74. The molecule has 3 rings (SSSR count). The highest BCUT2D eigenvalue weighted by Crippen LogP contribution is 2.36. The minimum atomic E-state index is -0.345. The molecule has 24 heavy (non-hydrogen) atoms. The van der Waals surface area contributed by atoms with E-state index in [4.69, 9.17) is 9.31 Å². The second-order valence-corrected chi connectivity index (χ2v) is 7.40. The fourth-order valence-electron chi connectivity index (χ4n) is 2.92. The molecule has 0 atom stereocenters. The van der Waals surface area contributed by atoms with Crippen LogP contribution in [0, 0.1) is 0 Å². The molecule has 0 aromatic heterocycles. The molecule has 1 aliphatic rings. The smallest absolute Gasteiger partial charge is 0.399 e. The molecule has 0 unspecified atom stereocenters.